The molecule has 0 aromatic rings. The van der Waals surface area contributed by atoms with Gasteiger partial charge in [0.15, 0.2) is 0 Å². The van der Waals surface area contributed by atoms with E-state index in [1.807, 2.05) is 0 Å². The van der Waals surface area contributed by atoms with Crippen molar-refractivity contribution in [1.29, 1.82) is 0 Å². The summed E-state index contributed by atoms with van der Waals surface area (Å²) in [4.78, 5) is 24.5. The van der Waals surface area contributed by atoms with Crippen molar-refractivity contribution in [3.05, 3.63) is 11.6 Å². The number of ether oxygens (including phenoxy) is 1. The third-order valence-corrected chi connectivity index (χ3v) is 5.12. The maximum Gasteiger partial charge on any atom is 0.330 e. The average molecular weight is 278 g/mol. The molecule has 2 fully saturated rings. The molecule has 0 saturated heterocycles. The average Bonchev–Trinajstić information content (AvgIpc) is 2.67. The maximum atomic E-state index is 12.8. The number of rotatable bonds is 3. The molecule has 0 N–H and O–H groups in total. The SMILES string of the molecule is CCOC(=O)/C=C1\CC[C@]2(C)CC[C@H](C(C)C)C(=O)[C@H]12. The minimum absolute atomic E-state index is 0.0564. The van der Waals surface area contributed by atoms with Gasteiger partial charge in [0, 0.05) is 17.9 Å². The van der Waals surface area contributed by atoms with E-state index in [2.05, 4.69) is 20.8 Å². The fourth-order valence-corrected chi connectivity index (χ4v) is 3.96. The van der Waals surface area contributed by atoms with Gasteiger partial charge in [0.2, 0.25) is 0 Å². The first-order valence-corrected chi connectivity index (χ1v) is 7.80. The van der Waals surface area contributed by atoms with E-state index in [4.69, 9.17) is 4.74 Å². The largest absolute Gasteiger partial charge is 0.463 e. The van der Waals surface area contributed by atoms with Crippen LogP contribution in [0.4, 0.5) is 0 Å². The van der Waals surface area contributed by atoms with Crippen molar-refractivity contribution < 1.29 is 14.3 Å². The summed E-state index contributed by atoms with van der Waals surface area (Å²) in [5.41, 5.74) is 1.06. The summed E-state index contributed by atoms with van der Waals surface area (Å²) < 4.78 is 5.00. The molecule has 112 valence electrons. The highest BCUT2D eigenvalue weighted by Gasteiger charge is 2.51. The van der Waals surface area contributed by atoms with Crippen LogP contribution in [0, 0.1) is 23.2 Å². The van der Waals surface area contributed by atoms with E-state index in [1.54, 1.807) is 13.0 Å². The van der Waals surface area contributed by atoms with Crippen LogP contribution in [0.25, 0.3) is 0 Å². The number of ketones is 1. The summed E-state index contributed by atoms with van der Waals surface area (Å²) in [7, 11) is 0. The molecule has 2 rings (SSSR count). The van der Waals surface area contributed by atoms with Crippen molar-refractivity contribution in [1.82, 2.24) is 0 Å². The standard InChI is InChI=1S/C17H26O3/c1-5-20-14(18)10-12-6-8-17(4)9-7-13(11(2)3)16(19)15(12)17/h10-11,13,15H,5-9H2,1-4H3/b12-10+/t13-,15+,17-/m1/s1. The van der Waals surface area contributed by atoms with Gasteiger partial charge in [-0.15, -0.1) is 0 Å². The third-order valence-electron chi connectivity index (χ3n) is 5.12. The number of fused-ring (bicyclic) bond motifs is 1. The van der Waals surface area contributed by atoms with E-state index in [0.717, 1.165) is 31.3 Å². The maximum absolute atomic E-state index is 12.8. The molecule has 0 aromatic carbocycles. The lowest BCUT2D eigenvalue weighted by molar-refractivity contribution is -0.137. The van der Waals surface area contributed by atoms with Crippen molar-refractivity contribution in [3.63, 3.8) is 0 Å². The Bertz CT molecular complexity index is 436. The predicted octanol–water partition coefficient (Wildman–Crippen LogP) is 3.53. The number of hydrogen-bond acceptors (Lipinski definition) is 3. The lowest BCUT2D eigenvalue weighted by atomic mass is 9.62. The molecule has 2 aliphatic carbocycles. The Labute approximate surface area is 121 Å². The van der Waals surface area contributed by atoms with Gasteiger partial charge in [0.1, 0.15) is 5.78 Å². The fourth-order valence-electron chi connectivity index (χ4n) is 3.96. The first-order chi connectivity index (χ1) is 9.39. The molecule has 0 amide bonds. The second kappa shape index (κ2) is 5.71. The molecule has 2 aliphatic rings. The second-order valence-electron chi connectivity index (χ2n) is 6.85. The molecule has 0 heterocycles. The molecule has 20 heavy (non-hydrogen) atoms. The Hall–Kier alpha value is -1.12. The molecule has 2 saturated carbocycles. The minimum Gasteiger partial charge on any atom is -0.463 e. The van der Waals surface area contributed by atoms with Crippen LogP contribution in [0.2, 0.25) is 0 Å². The van der Waals surface area contributed by atoms with E-state index < -0.39 is 0 Å². The fraction of sp³-hybridized carbons (Fsp3) is 0.765. The number of hydrogen-bond donors (Lipinski definition) is 0. The molecule has 3 nitrogen and oxygen atoms in total. The lowest BCUT2D eigenvalue weighted by Gasteiger charge is -2.40. The molecule has 0 aromatic heterocycles. The van der Waals surface area contributed by atoms with E-state index in [-0.39, 0.29) is 23.2 Å². The molecule has 0 spiro atoms. The predicted molar refractivity (Wildman–Crippen MR) is 78.1 cm³/mol. The minimum atomic E-state index is -0.300. The Morgan fingerprint density at radius 1 is 1.45 bits per heavy atom. The van der Waals surface area contributed by atoms with Gasteiger partial charge in [0.05, 0.1) is 6.61 Å². The molecule has 3 atom stereocenters. The summed E-state index contributed by atoms with van der Waals surface area (Å²) >= 11 is 0. The van der Waals surface area contributed by atoms with Crippen LogP contribution in [0.15, 0.2) is 11.6 Å². The lowest BCUT2D eigenvalue weighted by Crippen LogP contribution is -2.41. The first kappa shape index (κ1) is 15.3. The van der Waals surface area contributed by atoms with E-state index in [1.165, 1.54) is 0 Å². The van der Waals surface area contributed by atoms with Gasteiger partial charge in [0.25, 0.3) is 0 Å². The Kier molecular flexibility index (Phi) is 4.36. The van der Waals surface area contributed by atoms with Gasteiger partial charge in [-0.05, 0) is 43.9 Å². The molecular weight excluding hydrogens is 252 g/mol. The topological polar surface area (TPSA) is 43.4 Å². The molecular formula is C17H26O3. The van der Waals surface area contributed by atoms with Crippen LogP contribution in [0.1, 0.15) is 53.4 Å². The zero-order valence-electron chi connectivity index (χ0n) is 13.1. The number of carbonyl (C=O) groups is 2. The smallest absolute Gasteiger partial charge is 0.330 e. The van der Waals surface area contributed by atoms with Crippen LogP contribution in [-0.4, -0.2) is 18.4 Å². The van der Waals surface area contributed by atoms with Crippen LogP contribution < -0.4 is 0 Å². The zero-order valence-corrected chi connectivity index (χ0v) is 13.1. The van der Waals surface area contributed by atoms with Gasteiger partial charge >= 0.3 is 5.97 Å². The van der Waals surface area contributed by atoms with Crippen molar-refractivity contribution in [3.8, 4) is 0 Å². The monoisotopic (exact) mass is 278 g/mol. The Morgan fingerprint density at radius 3 is 2.75 bits per heavy atom. The Balaban J connectivity index is 2.26. The highest BCUT2D eigenvalue weighted by molar-refractivity contribution is 5.91. The summed E-state index contributed by atoms with van der Waals surface area (Å²) in [5.74, 6) is 0.523. The van der Waals surface area contributed by atoms with E-state index in [9.17, 15) is 9.59 Å². The summed E-state index contributed by atoms with van der Waals surface area (Å²) in [6.07, 6.45) is 5.54. The van der Waals surface area contributed by atoms with Gasteiger partial charge in [-0.1, -0.05) is 26.3 Å². The number of Topliss-reactive ketones (excluding diaryl/α,β-unsaturated/α-hetero) is 1. The zero-order chi connectivity index (χ0) is 14.9. The van der Waals surface area contributed by atoms with Gasteiger partial charge in [-0.25, -0.2) is 4.79 Å². The van der Waals surface area contributed by atoms with Crippen molar-refractivity contribution in [2.45, 2.75) is 53.4 Å². The number of carbonyl (C=O) groups excluding carboxylic acids is 2. The normalized spacial score (nSPS) is 35.5. The van der Waals surface area contributed by atoms with Crippen LogP contribution >= 0.6 is 0 Å². The van der Waals surface area contributed by atoms with Gasteiger partial charge in [-0.2, -0.15) is 0 Å². The molecule has 0 aliphatic heterocycles. The van der Waals surface area contributed by atoms with Gasteiger partial charge < -0.3 is 4.74 Å². The molecule has 0 bridgehead atoms. The Morgan fingerprint density at radius 2 is 2.15 bits per heavy atom. The van der Waals surface area contributed by atoms with Crippen molar-refractivity contribution >= 4 is 11.8 Å². The third kappa shape index (κ3) is 2.68. The van der Waals surface area contributed by atoms with Crippen molar-refractivity contribution in [2.75, 3.05) is 6.61 Å². The summed E-state index contributed by atoms with van der Waals surface area (Å²) in [5, 5.41) is 0. The second-order valence-corrected chi connectivity index (χ2v) is 6.85. The van der Waals surface area contributed by atoms with E-state index >= 15 is 0 Å². The summed E-state index contributed by atoms with van der Waals surface area (Å²) in [6.45, 7) is 8.63. The molecule has 0 unspecified atom stereocenters. The quantitative estimate of drug-likeness (QED) is 0.586. The number of allylic oxidation sites excluding steroid dienone is 1. The van der Waals surface area contributed by atoms with Crippen LogP contribution in [0.3, 0.4) is 0 Å². The van der Waals surface area contributed by atoms with E-state index in [0.29, 0.717) is 18.3 Å². The van der Waals surface area contributed by atoms with Gasteiger partial charge in [-0.3, -0.25) is 4.79 Å². The molecule has 3 heteroatoms. The van der Waals surface area contributed by atoms with Crippen molar-refractivity contribution in [2.24, 2.45) is 23.2 Å². The number of esters is 1. The molecule has 0 radical (unpaired) electrons. The highest BCUT2D eigenvalue weighted by Crippen LogP contribution is 2.55. The highest BCUT2D eigenvalue weighted by atomic mass is 16.5. The summed E-state index contributed by atoms with van der Waals surface area (Å²) in [6, 6.07) is 0. The van der Waals surface area contributed by atoms with Crippen LogP contribution in [0.5, 0.6) is 0 Å². The first-order valence-electron chi connectivity index (χ1n) is 7.80. The van der Waals surface area contributed by atoms with Crippen LogP contribution in [-0.2, 0) is 14.3 Å².